The second-order valence-electron chi connectivity index (χ2n) is 12.3. The van der Waals surface area contributed by atoms with Gasteiger partial charge in [-0.3, -0.25) is 0 Å². The molecule has 3 aromatic heterocycles. The molecular formula is C38H32IrN2O-2. The molecule has 3 nitrogen and oxygen atoms in total. The first-order valence-corrected chi connectivity index (χ1v) is 14.9. The summed E-state index contributed by atoms with van der Waals surface area (Å²) in [6, 6.07) is 37.3. The molecule has 0 amide bonds. The van der Waals surface area contributed by atoms with Gasteiger partial charge in [-0.25, -0.2) is 0 Å². The monoisotopic (exact) mass is 725 g/mol. The molecule has 0 unspecified atom stereocenters. The molecule has 0 spiro atoms. The fourth-order valence-corrected chi connectivity index (χ4v) is 8.32. The van der Waals surface area contributed by atoms with Gasteiger partial charge in [0.05, 0.1) is 5.58 Å². The molecule has 4 bridgehead atoms. The average Bonchev–Trinajstić information content (AvgIpc) is 3.41. The summed E-state index contributed by atoms with van der Waals surface area (Å²) in [6.07, 6.45) is 12.4. The van der Waals surface area contributed by atoms with Crippen molar-refractivity contribution in [2.45, 2.75) is 43.9 Å². The average molecular weight is 725 g/mol. The fourth-order valence-electron chi connectivity index (χ4n) is 8.32. The Morgan fingerprint density at radius 2 is 1.40 bits per heavy atom. The minimum Gasteiger partial charge on any atom is -0.501 e. The van der Waals surface area contributed by atoms with Crippen LogP contribution in [0.5, 0.6) is 0 Å². The molecule has 3 aromatic carbocycles. The molecule has 1 radical (unpaired) electrons. The standard InChI is InChI=1S/C27H24NO.C11H8N.Ir/c1-2-7-25-21(4-1)22-5-3-6-23(26(22)29-25)24-13-20(8-9-28-24)27-14-17-10-18(15-27)12-19(11-17)16-27;1-2-6-10(7-3-1)11-8-4-5-9-12-11;/h1-5,7-9,13,17-19H,10-12,14-16H2;1-6,8-9H;/q2*-1;. The summed E-state index contributed by atoms with van der Waals surface area (Å²) in [5.74, 6) is 2.84. The van der Waals surface area contributed by atoms with Crippen molar-refractivity contribution in [2.24, 2.45) is 17.8 Å². The van der Waals surface area contributed by atoms with Crippen LogP contribution in [0.15, 0.2) is 108 Å². The summed E-state index contributed by atoms with van der Waals surface area (Å²) in [5.41, 5.74) is 7.73. The van der Waals surface area contributed by atoms with Crippen molar-refractivity contribution in [1.29, 1.82) is 0 Å². The second kappa shape index (κ2) is 11.2. The van der Waals surface area contributed by atoms with E-state index in [4.69, 9.17) is 9.40 Å². The van der Waals surface area contributed by atoms with E-state index in [0.29, 0.717) is 5.41 Å². The number of aromatic nitrogens is 2. The molecule has 4 aliphatic rings. The Labute approximate surface area is 260 Å². The third-order valence-electron chi connectivity index (χ3n) is 9.66. The Bertz CT molecular complexity index is 1760. The molecule has 3 heterocycles. The van der Waals surface area contributed by atoms with Gasteiger partial charge in [0.15, 0.2) is 0 Å². The third-order valence-corrected chi connectivity index (χ3v) is 9.66. The molecule has 4 heteroatoms. The number of furan rings is 1. The van der Waals surface area contributed by atoms with Gasteiger partial charge in [-0.2, -0.15) is 0 Å². The van der Waals surface area contributed by atoms with E-state index in [0.717, 1.165) is 62.2 Å². The Morgan fingerprint density at radius 1 is 0.667 bits per heavy atom. The summed E-state index contributed by atoms with van der Waals surface area (Å²) in [7, 11) is 0. The maximum Gasteiger partial charge on any atom is 0.120 e. The van der Waals surface area contributed by atoms with E-state index >= 15 is 0 Å². The predicted octanol–water partition coefficient (Wildman–Crippen LogP) is 9.46. The van der Waals surface area contributed by atoms with Crippen LogP contribution < -0.4 is 0 Å². The summed E-state index contributed by atoms with van der Waals surface area (Å²) >= 11 is 0. The van der Waals surface area contributed by atoms with Crippen molar-refractivity contribution < 1.29 is 24.5 Å². The van der Waals surface area contributed by atoms with Crippen molar-refractivity contribution in [3.63, 3.8) is 0 Å². The first-order valence-electron chi connectivity index (χ1n) is 14.9. The van der Waals surface area contributed by atoms with E-state index in [9.17, 15) is 0 Å². The number of rotatable bonds is 3. The fraction of sp³-hybridized carbons (Fsp3) is 0.263. The van der Waals surface area contributed by atoms with Crippen molar-refractivity contribution in [3.05, 3.63) is 121 Å². The smallest absolute Gasteiger partial charge is 0.120 e. The number of fused-ring (bicyclic) bond motifs is 3. The molecule has 4 saturated carbocycles. The van der Waals surface area contributed by atoms with E-state index in [-0.39, 0.29) is 20.1 Å². The van der Waals surface area contributed by atoms with E-state index in [1.165, 1.54) is 44.1 Å². The quantitative estimate of drug-likeness (QED) is 0.171. The summed E-state index contributed by atoms with van der Waals surface area (Å²) in [5, 5.41) is 2.31. The van der Waals surface area contributed by atoms with Gasteiger partial charge in [0, 0.05) is 37.9 Å². The van der Waals surface area contributed by atoms with Gasteiger partial charge in [0.2, 0.25) is 0 Å². The number of hydrogen-bond donors (Lipinski definition) is 0. The Hall–Kier alpha value is -3.59. The van der Waals surface area contributed by atoms with Gasteiger partial charge in [0.25, 0.3) is 0 Å². The van der Waals surface area contributed by atoms with Gasteiger partial charge >= 0.3 is 0 Å². The largest absolute Gasteiger partial charge is 0.501 e. The van der Waals surface area contributed by atoms with Gasteiger partial charge in [-0.1, -0.05) is 47.3 Å². The zero-order valence-electron chi connectivity index (χ0n) is 23.4. The van der Waals surface area contributed by atoms with E-state index in [1.54, 1.807) is 6.20 Å². The van der Waals surface area contributed by atoms with E-state index in [2.05, 4.69) is 47.4 Å². The molecule has 4 aliphatic carbocycles. The van der Waals surface area contributed by atoms with Gasteiger partial charge in [0.1, 0.15) is 5.58 Å². The first kappa shape index (κ1) is 27.3. The number of hydrogen-bond acceptors (Lipinski definition) is 3. The third kappa shape index (κ3) is 4.91. The van der Waals surface area contributed by atoms with E-state index < -0.39 is 0 Å². The van der Waals surface area contributed by atoms with Crippen LogP contribution in [0.1, 0.15) is 44.1 Å². The molecule has 10 rings (SSSR count). The van der Waals surface area contributed by atoms with Crippen LogP contribution in [0.25, 0.3) is 44.5 Å². The SMILES string of the molecule is [Ir].[c-]1ccc2c(oc3ccccc32)c1-c1cc(C23CC4CC(CC(C4)C2)C3)ccn1.[c-]1ccccc1-c1ccccn1. The second-order valence-corrected chi connectivity index (χ2v) is 12.3. The number of para-hydroxylation sites is 1. The topological polar surface area (TPSA) is 38.9 Å². The van der Waals surface area contributed by atoms with Crippen molar-refractivity contribution >= 4 is 21.9 Å². The minimum absolute atomic E-state index is 0. The van der Waals surface area contributed by atoms with Crippen LogP contribution in [0.4, 0.5) is 0 Å². The Morgan fingerprint density at radius 3 is 2.14 bits per heavy atom. The van der Waals surface area contributed by atoms with Crippen molar-refractivity contribution in [1.82, 2.24) is 9.97 Å². The summed E-state index contributed by atoms with van der Waals surface area (Å²) < 4.78 is 6.26. The zero-order chi connectivity index (χ0) is 27.2. The van der Waals surface area contributed by atoms with Gasteiger partial charge < -0.3 is 14.4 Å². The number of nitrogens with zero attached hydrogens (tertiary/aromatic N) is 2. The Kier molecular flexibility index (Phi) is 7.30. The molecule has 4 fully saturated rings. The minimum atomic E-state index is 0. The molecule has 42 heavy (non-hydrogen) atoms. The number of benzene rings is 3. The summed E-state index contributed by atoms with van der Waals surface area (Å²) in [4.78, 5) is 8.98. The van der Waals surface area contributed by atoms with Crippen LogP contribution in [-0.4, -0.2) is 9.97 Å². The van der Waals surface area contributed by atoms with Crippen LogP contribution in [0, 0.1) is 29.9 Å². The Balaban J connectivity index is 0.000000188. The first-order chi connectivity index (χ1) is 20.2. The zero-order valence-corrected chi connectivity index (χ0v) is 25.8. The normalized spacial score (nSPS) is 23.8. The molecule has 0 atom stereocenters. The molecule has 0 aliphatic heterocycles. The van der Waals surface area contributed by atoms with Gasteiger partial charge in [-0.05, 0) is 96.8 Å². The van der Waals surface area contributed by atoms with Crippen LogP contribution in [0.3, 0.4) is 0 Å². The maximum absolute atomic E-state index is 6.26. The van der Waals surface area contributed by atoms with Crippen LogP contribution in [0.2, 0.25) is 0 Å². The van der Waals surface area contributed by atoms with Gasteiger partial charge in [-0.15, -0.1) is 54.1 Å². The summed E-state index contributed by atoms with van der Waals surface area (Å²) in [6.45, 7) is 0. The van der Waals surface area contributed by atoms with Crippen LogP contribution >= 0.6 is 0 Å². The van der Waals surface area contributed by atoms with Crippen LogP contribution in [-0.2, 0) is 25.5 Å². The maximum atomic E-state index is 6.26. The molecule has 6 aromatic rings. The molecule has 0 saturated heterocycles. The van der Waals surface area contributed by atoms with Crippen molar-refractivity contribution in [2.75, 3.05) is 0 Å². The molecular weight excluding hydrogens is 693 g/mol. The predicted molar refractivity (Wildman–Crippen MR) is 164 cm³/mol. The van der Waals surface area contributed by atoms with E-state index in [1.807, 2.05) is 66.9 Å². The van der Waals surface area contributed by atoms with Crippen molar-refractivity contribution in [3.8, 4) is 22.5 Å². The molecule has 211 valence electrons. The number of pyridine rings is 2. The molecule has 0 N–H and O–H groups in total.